The van der Waals surface area contributed by atoms with Crippen LogP contribution in [-0.4, -0.2) is 27.1 Å². The van der Waals surface area contributed by atoms with E-state index < -0.39 is 0 Å². The molecule has 0 aliphatic carbocycles. The van der Waals surface area contributed by atoms with E-state index in [1.165, 1.54) is 10.8 Å². The van der Waals surface area contributed by atoms with Crippen molar-refractivity contribution in [3.05, 3.63) is 163 Å². The molecule has 0 bridgehead atoms. The summed E-state index contributed by atoms with van der Waals surface area (Å²) in [4.78, 5) is 9.73. The van der Waals surface area contributed by atoms with Crippen molar-refractivity contribution in [3.63, 3.8) is 0 Å². The van der Waals surface area contributed by atoms with Crippen LogP contribution in [0.15, 0.2) is 162 Å². The van der Waals surface area contributed by atoms with Crippen LogP contribution in [0.1, 0.15) is 11.1 Å². The minimum Gasteiger partial charge on any atom is -0.307 e. The van der Waals surface area contributed by atoms with Crippen molar-refractivity contribution in [1.82, 2.24) is 9.13 Å². The highest BCUT2D eigenvalue weighted by atomic mass is 15.1. The number of hydrogen-bond acceptors (Lipinski definition) is 1. The predicted molar refractivity (Wildman–Crippen MR) is 184 cm³/mol. The zero-order valence-corrected chi connectivity index (χ0v) is 23.8. The van der Waals surface area contributed by atoms with E-state index in [0.29, 0.717) is 5.84 Å². The lowest BCUT2D eigenvalue weighted by molar-refractivity contribution is 1.18. The summed E-state index contributed by atoms with van der Waals surface area (Å²) in [5, 5.41) is 13.4. The number of aromatic nitrogens is 2. The monoisotopic (exact) mass is 565 g/mol. The van der Waals surface area contributed by atoms with Gasteiger partial charge in [0.2, 0.25) is 0 Å². The molecule has 8 rings (SSSR count). The first-order valence-corrected chi connectivity index (χ1v) is 14.6. The molecule has 8 aromatic rings. The maximum Gasteiger partial charge on any atom is 0.163 e. The SMILES string of the molecule is N=C(N=C(N=Cn1c2ccccc2c2ccc3c4ccccc4n(-c4ccccc4)c3c21)c1ccccc1)c1ccccc1. The van der Waals surface area contributed by atoms with Gasteiger partial charge in [-0.3, -0.25) is 9.98 Å². The summed E-state index contributed by atoms with van der Waals surface area (Å²) in [6, 6.07) is 51.4. The molecule has 2 aromatic heterocycles. The lowest BCUT2D eigenvalue weighted by Gasteiger charge is -2.10. The fourth-order valence-electron chi connectivity index (χ4n) is 6.13. The molecule has 0 aliphatic rings. The maximum atomic E-state index is 8.75. The van der Waals surface area contributed by atoms with Gasteiger partial charge in [0.25, 0.3) is 0 Å². The third kappa shape index (κ3) is 4.22. The van der Waals surface area contributed by atoms with Gasteiger partial charge in [0.15, 0.2) is 11.7 Å². The number of aliphatic imine (C=N–C) groups is 2. The van der Waals surface area contributed by atoms with E-state index in [1.807, 2.05) is 73.1 Å². The third-order valence-corrected chi connectivity index (χ3v) is 8.11. The van der Waals surface area contributed by atoms with Crippen molar-refractivity contribution in [2.45, 2.75) is 0 Å². The second-order valence-corrected chi connectivity index (χ2v) is 10.7. The van der Waals surface area contributed by atoms with Crippen LogP contribution in [0, 0.1) is 5.41 Å². The minimum absolute atomic E-state index is 0.162. The van der Waals surface area contributed by atoms with Crippen LogP contribution < -0.4 is 0 Å². The highest BCUT2D eigenvalue weighted by molar-refractivity contribution is 6.25. The molecular weight excluding hydrogens is 538 g/mol. The number of fused-ring (bicyclic) bond motifs is 7. The summed E-state index contributed by atoms with van der Waals surface area (Å²) in [7, 11) is 0. The number of para-hydroxylation sites is 3. The van der Waals surface area contributed by atoms with Crippen LogP contribution in [0.4, 0.5) is 0 Å². The summed E-state index contributed by atoms with van der Waals surface area (Å²) >= 11 is 0. The molecule has 0 saturated heterocycles. The van der Waals surface area contributed by atoms with Crippen molar-refractivity contribution < 1.29 is 0 Å². The maximum absolute atomic E-state index is 8.75. The van der Waals surface area contributed by atoms with Crippen molar-refractivity contribution in [2.75, 3.05) is 0 Å². The molecule has 6 aromatic carbocycles. The molecule has 0 saturated carbocycles. The number of rotatable bonds is 4. The van der Waals surface area contributed by atoms with Crippen LogP contribution in [0.5, 0.6) is 0 Å². The smallest absolute Gasteiger partial charge is 0.163 e. The summed E-state index contributed by atoms with van der Waals surface area (Å²) in [6.45, 7) is 0. The summed E-state index contributed by atoms with van der Waals surface area (Å²) in [6.07, 6.45) is 1.86. The summed E-state index contributed by atoms with van der Waals surface area (Å²) in [5.41, 5.74) is 7.07. The predicted octanol–water partition coefficient (Wildman–Crippen LogP) is 9.24. The molecule has 0 spiro atoms. The number of benzene rings is 6. The van der Waals surface area contributed by atoms with E-state index in [9.17, 15) is 0 Å². The Bertz CT molecular complexity index is 2380. The van der Waals surface area contributed by atoms with Crippen LogP contribution in [0.3, 0.4) is 0 Å². The van der Waals surface area contributed by atoms with Gasteiger partial charge in [-0.05, 0) is 24.3 Å². The zero-order valence-electron chi connectivity index (χ0n) is 23.8. The number of amidine groups is 2. The zero-order chi connectivity index (χ0) is 29.5. The van der Waals surface area contributed by atoms with Crippen LogP contribution in [0.25, 0.3) is 49.3 Å². The van der Waals surface area contributed by atoms with E-state index in [1.54, 1.807) is 0 Å². The molecule has 0 aliphatic heterocycles. The Kier molecular flexibility index (Phi) is 6.20. The van der Waals surface area contributed by atoms with Crippen molar-refractivity contribution in [3.8, 4) is 5.69 Å². The van der Waals surface area contributed by atoms with Crippen molar-refractivity contribution >= 4 is 61.6 Å². The highest BCUT2D eigenvalue weighted by Gasteiger charge is 2.19. The van der Waals surface area contributed by atoms with Gasteiger partial charge in [-0.2, -0.15) is 0 Å². The Morgan fingerprint density at radius 2 is 1.02 bits per heavy atom. The van der Waals surface area contributed by atoms with Gasteiger partial charge in [0, 0.05) is 38.4 Å². The Morgan fingerprint density at radius 1 is 0.500 bits per heavy atom. The van der Waals surface area contributed by atoms with E-state index in [0.717, 1.165) is 49.7 Å². The minimum atomic E-state index is 0.162. The van der Waals surface area contributed by atoms with Crippen molar-refractivity contribution in [2.24, 2.45) is 9.98 Å². The molecular formula is C39H27N5. The summed E-state index contributed by atoms with van der Waals surface area (Å²) < 4.78 is 4.53. The lowest BCUT2D eigenvalue weighted by atomic mass is 10.1. The topological polar surface area (TPSA) is 58.4 Å². The molecule has 2 heterocycles. The first-order valence-electron chi connectivity index (χ1n) is 14.6. The van der Waals surface area contributed by atoms with E-state index in [2.05, 4.69) is 94.1 Å². The standard InChI is InChI=1S/C39H27N5/c40-38(27-14-4-1-5-15-27)42-39(28-16-6-2-7-17-28)41-26-43-34-22-12-10-20-30(34)32-24-25-33-31-21-11-13-23-35(31)44(37(33)36(32)43)29-18-8-3-9-19-29/h1-26,40H. The van der Waals surface area contributed by atoms with Crippen LogP contribution >= 0.6 is 0 Å². The third-order valence-electron chi connectivity index (χ3n) is 8.11. The van der Waals surface area contributed by atoms with Gasteiger partial charge in [0.1, 0.15) is 6.34 Å². The average molecular weight is 566 g/mol. The molecule has 44 heavy (non-hydrogen) atoms. The quantitative estimate of drug-likeness (QED) is 0.163. The fourth-order valence-corrected chi connectivity index (χ4v) is 6.13. The molecule has 0 radical (unpaired) electrons. The first kappa shape index (κ1) is 25.6. The molecule has 0 fully saturated rings. The van der Waals surface area contributed by atoms with E-state index in [4.69, 9.17) is 15.4 Å². The van der Waals surface area contributed by atoms with Gasteiger partial charge >= 0.3 is 0 Å². The Hall–Kier alpha value is -6.07. The molecule has 5 heteroatoms. The fraction of sp³-hybridized carbons (Fsp3) is 0. The van der Waals surface area contributed by atoms with Gasteiger partial charge in [-0.1, -0.05) is 127 Å². The Labute approximate surface area is 254 Å². The molecule has 1 N–H and O–H groups in total. The number of hydrogen-bond donors (Lipinski definition) is 1. The molecule has 0 unspecified atom stereocenters. The molecule has 0 atom stereocenters. The average Bonchev–Trinajstić information content (AvgIpc) is 3.60. The molecule has 5 nitrogen and oxygen atoms in total. The van der Waals surface area contributed by atoms with Gasteiger partial charge < -0.3 is 4.57 Å². The normalized spacial score (nSPS) is 12.2. The van der Waals surface area contributed by atoms with Gasteiger partial charge in [-0.15, -0.1) is 0 Å². The van der Waals surface area contributed by atoms with Crippen LogP contribution in [-0.2, 0) is 0 Å². The Morgan fingerprint density at radius 3 is 1.70 bits per heavy atom. The van der Waals surface area contributed by atoms with Crippen LogP contribution in [0.2, 0.25) is 0 Å². The number of nitrogens with zero attached hydrogens (tertiary/aromatic N) is 4. The lowest BCUT2D eigenvalue weighted by Crippen LogP contribution is -2.06. The largest absolute Gasteiger partial charge is 0.307 e. The van der Waals surface area contributed by atoms with E-state index in [-0.39, 0.29) is 5.84 Å². The first-order chi connectivity index (χ1) is 21.8. The Balaban J connectivity index is 1.43. The van der Waals surface area contributed by atoms with Gasteiger partial charge in [-0.25, -0.2) is 9.98 Å². The number of nitrogens with one attached hydrogen (secondary N) is 1. The second-order valence-electron chi connectivity index (χ2n) is 10.7. The summed E-state index contributed by atoms with van der Waals surface area (Å²) in [5.74, 6) is 0.636. The van der Waals surface area contributed by atoms with E-state index >= 15 is 0 Å². The molecule has 0 amide bonds. The second kappa shape index (κ2) is 10.6. The van der Waals surface area contributed by atoms with Gasteiger partial charge in [0.05, 0.1) is 22.1 Å². The van der Waals surface area contributed by atoms with Crippen molar-refractivity contribution in [1.29, 1.82) is 5.41 Å². The highest BCUT2D eigenvalue weighted by Crippen LogP contribution is 2.39. The molecule has 208 valence electrons.